The highest BCUT2D eigenvalue weighted by Gasteiger charge is 2.17. The van der Waals surface area contributed by atoms with Gasteiger partial charge in [-0.25, -0.2) is 9.97 Å². The van der Waals surface area contributed by atoms with E-state index >= 15 is 0 Å². The summed E-state index contributed by atoms with van der Waals surface area (Å²) in [6.45, 7) is 2.07. The predicted octanol–water partition coefficient (Wildman–Crippen LogP) is 2.04. The van der Waals surface area contributed by atoms with Gasteiger partial charge in [0.25, 0.3) is 5.91 Å². The Kier molecular flexibility index (Phi) is 5.74. The number of hydrogen-bond donors (Lipinski definition) is 2. The Hall–Kier alpha value is -2.47. The van der Waals surface area contributed by atoms with E-state index in [9.17, 15) is 4.79 Å². The molecule has 2 heterocycles. The third-order valence-electron chi connectivity index (χ3n) is 3.96. The lowest BCUT2D eigenvalue weighted by Gasteiger charge is -2.10. The monoisotopic (exact) mass is 326 g/mol. The Morgan fingerprint density at radius 2 is 2.08 bits per heavy atom. The summed E-state index contributed by atoms with van der Waals surface area (Å²) in [6, 6.07) is 10.2. The van der Waals surface area contributed by atoms with Crippen molar-refractivity contribution >= 4 is 11.7 Å². The van der Waals surface area contributed by atoms with Crippen LogP contribution in [-0.4, -0.2) is 41.7 Å². The fourth-order valence-electron chi connectivity index (χ4n) is 2.62. The van der Waals surface area contributed by atoms with Crippen molar-refractivity contribution in [3.63, 3.8) is 0 Å². The maximum absolute atomic E-state index is 12.0. The molecule has 1 aromatic carbocycles. The summed E-state index contributed by atoms with van der Waals surface area (Å²) in [5.74, 6) is 0.454. The van der Waals surface area contributed by atoms with Gasteiger partial charge in [-0.15, -0.1) is 0 Å². The number of aromatic nitrogens is 2. The first kappa shape index (κ1) is 16.4. The Balaban J connectivity index is 1.43. The molecule has 0 saturated carbocycles. The molecule has 1 aromatic heterocycles. The number of amides is 1. The van der Waals surface area contributed by atoms with Crippen LogP contribution in [0.1, 0.15) is 28.9 Å². The lowest BCUT2D eigenvalue weighted by Crippen LogP contribution is -2.32. The van der Waals surface area contributed by atoms with Gasteiger partial charge < -0.3 is 15.4 Å². The third-order valence-corrected chi connectivity index (χ3v) is 3.96. The van der Waals surface area contributed by atoms with Gasteiger partial charge in [0.1, 0.15) is 11.5 Å². The molecule has 1 unspecified atom stereocenters. The van der Waals surface area contributed by atoms with Crippen LogP contribution in [0.2, 0.25) is 0 Å². The molecule has 1 aliphatic rings. The minimum Gasteiger partial charge on any atom is -0.376 e. The summed E-state index contributed by atoms with van der Waals surface area (Å²) in [7, 11) is 0. The molecule has 0 aliphatic carbocycles. The molecule has 126 valence electrons. The van der Waals surface area contributed by atoms with Crippen LogP contribution in [-0.2, 0) is 11.2 Å². The standard InChI is InChI=1S/C18H22N4O2/c23-18(22-11-15-7-4-10-24-15)16-12-21-17(13-20-16)19-9-8-14-5-2-1-3-6-14/h1-3,5-6,12-13,15H,4,7-11H2,(H,19,21)(H,22,23). The van der Waals surface area contributed by atoms with Crippen molar-refractivity contribution in [1.29, 1.82) is 0 Å². The molecular weight excluding hydrogens is 304 g/mol. The molecule has 6 heteroatoms. The van der Waals surface area contributed by atoms with Crippen molar-refractivity contribution in [2.24, 2.45) is 0 Å². The largest absolute Gasteiger partial charge is 0.376 e. The quantitative estimate of drug-likeness (QED) is 0.814. The fourth-order valence-corrected chi connectivity index (χ4v) is 2.62. The van der Waals surface area contributed by atoms with Crippen LogP contribution >= 0.6 is 0 Å². The molecule has 2 aromatic rings. The topological polar surface area (TPSA) is 76.1 Å². The Bertz CT molecular complexity index is 640. The molecule has 1 saturated heterocycles. The number of ether oxygens (including phenoxy) is 1. The molecule has 3 rings (SSSR count). The van der Waals surface area contributed by atoms with Gasteiger partial charge in [0.15, 0.2) is 0 Å². The summed E-state index contributed by atoms with van der Waals surface area (Å²) in [4.78, 5) is 20.4. The van der Waals surface area contributed by atoms with E-state index in [0.29, 0.717) is 18.1 Å². The van der Waals surface area contributed by atoms with E-state index in [-0.39, 0.29) is 12.0 Å². The van der Waals surface area contributed by atoms with Gasteiger partial charge in [-0.1, -0.05) is 30.3 Å². The van der Waals surface area contributed by atoms with Crippen LogP contribution in [0.25, 0.3) is 0 Å². The van der Waals surface area contributed by atoms with Crippen LogP contribution in [0.5, 0.6) is 0 Å². The predicted molar refractivity (Wildman–Crippen MR) is 92.0 cm³/mol. The van der Waals surface area contributed by atoms with Crippen molar-refractivity contribution in [1.82, 2.24) is 15.3 Å². The summed E-state index contributed by atoms with van der Waals surface area (Å²) in [6.07, 6.45) is 6.18. The number of rotatable bonds is 7. The molecule has 0 radical (unpaired) electrons. The smallest absolute Gasteiger partial charge is 0.271 e. The Labute approximate surface area is 141 Å². The molecule has 1 aliphatic heterocycles. The van der Waals surface area contributed by atoms with E-state index < -0.39 is 0 Å². The van der Waals surface area contributed by atoms with E-state index in [2.05, 4.69) is 32.7 Å². The first-order valence-corrected chi connectivity index (χ1v) is 8.31. The second-order valence-electron chi connectivity index (χ2n) is 5.79. The highest BCUT2D eigenvalue weighted by atomic mass is 16.5. The average Bonchev–Trinajstić information content (AvgIpc) is 3.15. The minimum atomic E-state index is -0.214. The van der Waals surface area contributed by atoms with Gasteiger partial charge in [-0.3, -0.25) is 4.79 Å². The summed E-state index contributed by atoms with van der Waals surface area (Å²) < 4.78 is 5.48. The van der Waals surface area contributed by atoms with E-state index in [1.165, 1.54) is 11.8 Å². The number of nitrogens with zero attached hydrogens (tertiary/aromatic N) is 2. The number of carbonyl (C=O) groups excluding carboxylic acids is 1. The summed E-state index contributed by atoms with van der Waals surface area (Å²) in [5, 5.41) is 6.05. The van der Waals surface area contributed by atoms with E-state index in [1.54, 1.807) is 6.20 Å². The molecule has 24 heavy (non-hydrogen) atoms. The van der Waals surface area contributed by atoms with Crippen molar-refractivity contribution in [2.45, 2.75) is 25.4 Å². The Morgan fingerprint density at radius 1 is 1.21 bits per heavy atom. The van der Waals surface area contributed by atoms with Crippen molar-refractivity contribution < 1.29 is 9.53 Å². The number of hydrogen-bond acceptors (Lipinski definition) is 5. The first-order chi connectivity index (χ1) is 11.8. The van der Waals surface area contributed by atoms with E-state index in [0.717, 1.165) is 32.4 Å². The van der Waals surface area contributed by atoms with Gasteiger partial charge in [-0.05, 0) is 24.8 Å². The van der Waals surface area contributed by atoms with Crippen LogP contribution in [0, 0.1) is 0 Å². The SMILES string of the molecule is O=C(NCC1CCCO1)c1cnc(NCCc2ccccc2)cn1. The lowest BCUT2D eigenvalue weighted by molar-refractivity contribution is 0.0853. The molecule has 2 N–H and O–H groups in total. The number of anilines is 1. The highest BCUT2D eigenvalue weighted by Crippen LogP contribution is 2.10. The third kappa shape index (κ3) is 4.76. The second-order valence-corrected chi connectivity index (χ2v) is 5.79. The van der Waals surface area contributed by atoms with Gasteiger partial charge in [0, 0.05) is 19.7 Å². The minimum absolute atomic E-state index is 0.126. The van der Waals surface area contributed by atoms with E-state index in [4.69, 9.17) is 4.74 Å². The van der Waals surface area contributed by atoms with Crippen LogP contribution in [0.15, 0.2) is 42.7 Å². The van der Waals surface area contributed by atoms with E-state index in [1.807, 2.05) is 18.2 Å². The van der Waals surface area contributed by atoms with Crippen LogP contribution in [0.4, 0.5) is 5.82 Å². The molecular formula is C18H22N4O2. The van der Waals surface area contributed by atoms with Gasteiger partial charge in [0.2, 0.25) is 0 Å². The number of carbonyl (C=O) groups is 1. The van der Waals surface area contributed by atoms with Crippen molar-refractivity contribution in [3.05, 3.63) is 54.0 Å². The molecule has 1 amide bonds. The zero-order chi connectivity index (χ0) is 16.6. The summed E-state index contributed by atoms with van der Waals surface area (Å²) >= 11 is 0. The van der Waals surface area contributed by atoms with Gasteiger partial charge in [-0.2, -0.15) is 0 Å². The second kappa shape index (κ2) is 8.40. The highest BCUT2D eigenvalue weighted by molar-refractivity contribution is 5.92. The fraction of sp³-hybridized carbons (Fsp3) is 0.389. The lowest BCUT2D eigenvalue weighted by atomic mass is 10.1. The zero-order valence-electron chi connectivity index (χ0n) is 13.6. The summed E-state index contributed by atoms with van der Waals surface area (Å²) in [5.41, 5.74) is 1.59. The maximum atomic E-state index is 12.0. The molecule has 1 atom stereocenters. The maximum Gasteiger partial charge on any atom is 0.271 e. The number of nitrogens with one attached hydrogen (secondary N) is 2. The zero-order valence-corrected chi connectivity index (χ0v) is 13.6. The molecule has 1 fully saturated rings. The average molecular weight is 326 g/mol. The van der Waals surface area contributed by atoms with Gasteiger partial charge >= 0.3 is 0 Å². The molecule has 0 bridgehead atoms. The molecule has 6 nitrogen and oxygen atoms in total. The van der Waals surface area contributed by atoms with Crippen molar-refractivity contribution in [2.75, 3.05) is 25.0 Å². The normalized spacial score (nSPS) is 16.8. The van der Waals surface area contributed by atoms with Crippen LogP contribution < -0.4 is 10.6 Å². The van der Waals surface area contributed by atoms with Crippen molar-refractivity contribution in [3.8, 4) is 0 Å². The van der Waals surface area contributed by atoms with Crippen LogP contribution in [0.3, 0.4) is 0 Å². The first-order valence-electron chi connectivity index (χ1n) is 8.31. The van der Waals surface area contributed by atoms with Gasteiger partial charge in [0.05, 0.1) is 18.5 Å². The molecule has 0 spiro atoms. The number of benzene rings is 1. The Morgan fingerprint density at radius 3 is 2.79 bits per heavy atom.